The molecule has 1 aliphatic rings. The van der Waals surface area contributed by atoms with Crippen molar-refractivity contribution in [2.24, 2.45) is 5.92 Å². The smallest absolute Gasteiger partial charge is 0.0406 e. The predicted octanol–water partition coefficient (Wildman–Crippen LogP) is 4.18. The molecule has 1 aromatic rings. The normalized spacial score (nSPS) is 26.9. The van der Waals surface area contributed by atoms with Crippen LogP contribution in [-0.2, 0) is 0 Å². The van der Waals surface area contributed by atoms with Crippen LogP contribution >= 0.6 is 11.6 Å². The average Bonchev–Trinajstić information content (AvgIpc) is 2.65. The Balaban J connectivity index is 1.97. The monoisotopic (exact) mass is 237 g/mol. The van der Waals surface area contributed by atoms with Crippen molar-refractivity contribution >= 4 is 11.6 Å². The Hall–Kier alpha value is -0.530. The lowest BCUT2D eigenvalue weighted by Crippen LogP contribution is -2.33. The summed E-state index contributed by atoms with van der Waals surface area (Å²) < 4.78 is 0. The van der Waals surface area contributed by atoms with Gasteiger partial charge in [-0.2, -0.15) is 0 Å². The fourth-order valence-electron chi connectivity index (χ4n) is 2.56. The van der Waals surface area contributed by atoms with Gasteiger partial charge in [0.05, 0.1) is 0 Å². The first kappa shape index (κ1) is 11.9. The highest BCUT2D eigenvalue weighted by Gasteiger charge is 2.24. The molecule has 0 aromatic heterocycles. The highest BCUT2D eigenvalue weighted by atomic mass is 35.5. The Morgan fingerprint density at radius 1 is 1.25 bits per heavy atom. The maximum atomic E-state index is 5.89. The van der Waals surface area contributed by atoms with E-state index < -0.39 is 0 Å². The minimum absolute atomic E-state index is 0.419. The molecule has 88 valence electrons. The zero-order valence-electron chi connectivity index (χ0n) is 10.0. The van der Waals surface area contributed by atoms with Crippen LogP contribution in [0.15, 0.2) is 24.3 Å². The number of halogens is 1. The Morgan fingerprint density at radius 2 is 1.94 bits per heavy atom. The van der Waals surface area contributed by atoms with E-state index >= 15 is 0 Å². The second kappa shape index (κ2) is 5.20. The summed E-state index contributed by atoms with van der Waals surface area (Å²) in [5.74, 6) is 0.815. The van der Waals surface area contributed by atoms with Gasteiger partial charge in [0.15, 0.2) is 0 Å². The molecule has 0 bridgehead atoms. The first-order valence-electron chi connectivity index (χ1n) is 6.18. The number of rotatable bonds is 3. The summed E-state index contributed by atoms with van der Waals surface area (Å²) in [5, 5.41) is 4.53. The number of nitrogens with one attached hydrogen (secondary N) is 1. The molecule has 3 atom stereocenters. The van der Waals surface area contributed by atoms with Crippen LogP contribution in [0.5, 0.6) is 0 Å². The third-order valence-corrected chi connectivity index (χ3v) is 3.95. The fourth-order valence-corrected chi connectivity index (χ4v) is 2.69. The predicted molar refractivity (Wildman–Crippen MR) is 69.8 cm³/mol. The minimum Gasteiger partial charge on any atom is -0.307 e. The molecule has 1 aliphatic carbocycles. The van der Waals surface area contributed by atoms with Gasteiger partial charge in [-0.25, -0.2) is 0 Å². The molecule has 0 spiro atoms. The lowest BCUT2D eigenvalue weighted by molar-refractivity contribution is 0.388. The molecule has 0 radical (unpaired) electrons. The number of hydrogen-bond acceptors (Lipinski definition) is 1. The highest BCUT2D eigenvalue weighted by molar-refractivity contribution is 6.30. The van der Waals surface area contributed by atoms with Crippen molar-refractivity contribution in [3.05, 3.63) is 34.9 Å². The average molecular weight is 238 g/mol. The van der Waals surface area contributed by atoms with E-state index in [1.165, 1.54) is 24.8 Å². The van der Waals surface area contributed by atoms with Crippen molar-refractivity contribution in [1.29, 1.82) is 0 Å². The van der Waals surface area contributed by atoms with Crippen molar-refractivity contribution in [3.63, 3.8) is 0 Å². The van der Waals surface area contributed by atoms with Crippen molar-refractivity contribution in [1.82, 2.24) is 5.32 Å². The van der Waals surface area contributed by atoms with Crippen LogP contribution in [0.2, 0.25) is 5.02 Å². The summed E-state index contributed by atoms with van der Waals surface area (Å²) in [6.45, 7) is 4.58. The molecule has 1 nitrogen and oxygen atoms in total. The molecule has 1 aromatic carbocycles. The molecule has 1 saturated carbocycles. The molecule has 0 aliphatic heterocycles. The summed E-state index contributed by atoms with van der Waals surface area (Å²) in [4.78, 5) is 0. The maximum absolute atomic E-state index is 5.89. The van der Waals surface area contributed by atoms with Gasteiger partial charge in [0.1, 0.15) is 0 Å². The Kier molecular flexibility index (Phi) is 3.88. The molecular weight excluding hydrogens is 218 g/mol. The Bertz CT molecular complexity index is 333. The minimum atomic E-state index is 0.419. The van der Waals surface area contributed by atoms with Crippen molar-refractivity contribution < 1.29 is 0 Å². The Morgan fingerprint density at radius 3 is 2.50 bits per heavy atom. The van der Waals surface area contributed by atoms with Crippen LogP contribution in [0.4, 0.5) is 0 Å². The molecule has 16 heavy (non-hydrogen) atoms. The van der Waals surface area contributed by atoms with Crippen molar-refractivity contribution in [2.75, 3.05) is 0 Å². The van der Waals surface area contributed by atoms with Crippen LogP contribution in [0.25, 0.3) is 0 Å². The van der Waals surface area contributed by atoms with Crippen LogP contribution < -0.4 is 5.32 Å². The molecule has 2 heteroatoms. The van der Waals surface area contributed by atoms with E-state index in [2.05, 4.69) is 31.3 Å². The molecule has 0 heterocycles. The lowest BCUT2D eigenvalue weighted by Gasteiger charge is -2.23. The molecule has 1 fully saturated rings. The summed E-state index contributed by atoms with van der Waals surface area (Å²) >= 11 is 5.89. The largest absolute Gasteiger partial charge is 0.307 e. The quantitative estimate of drug-likeness (QED) is 0.832. The fraction of sp³-hybridized carbons (Fsp3) is 0.571. The SMILES string of the molecule is CC(NC1CCCC1C)c1ccc(Cl)cc1. The molecular formula is C14H20ClN. The number of hydrogen-bond donors (Lipinski definition) is 1. The topological polar surface area (TPSA) is 12.0 Å². The molecule has 1 N–H and O–H groups in total. The van der Waals surface area contributed by atoms with Gasteiger partial charge in [0.2, 0.25) is 0 Å². The summed E-state index contributed by atoms with van der Waals surface area (Å²) in [7, 11) is 0. The van der Waals surface area contributed by atoms with Gasteiger partial charge in [-0.15, -0.1) is 0 Å². The summed E-state index contributed by atoms with van der Waals surface area (Å²) in [6, 6.07) is 9.26. The van der Waals surface area contributed by atoms with E-state index in [1.54, 1.807) is 0 Å². The zero-order chi connectivity index (χ0) is 11.5. The van der Waals surface area contributed by atoms with Gasteiger partial charge >= 0.3 is 0 Å². The van der Waals surface area contributed by atoms with E-state index in [9.17, 15) is 0 Å². The molecule has 0 saturated heterocycles. The van der Waals surface area contributed by atoms with Gasteiger partial charge in [0.25, 0.3) is 0 Å². The molecule has 3 unspecified atom stereocenters. The first-order chi connectivity index (χ1) is 7.66. The van der Waals surface area contributed by atoms with Gasteiger partial charge in [-0.3, -0.25) is 0 Å². The van der Waals surface area contributed by atoms with Crippen LogP contribution in [0.1, 0.15) is 44.7 Å². The zero-order valence-corrected chi connectivity index (χ0v) is 10.8. The van der Waals surface area contributed by atoms with Crippen molar-refractivity contribution in [2.45, 2.75) is 45.2 Å². The van der Waals surface area contributed by atoms with E-state index in [0.29, 0.717) is 12.1 Å². The Labute approximate surface area is 103 Å². The first-order valence-corrected chi connectivity index (χ1v) is 6.56. The lowest BCUT2D eigenvalue weighted by atomic mass is 10.0. The molecule has 0 amide bonds. The standard InChI is InChI=1S/C14H20ClN/c1-10-4-3-5-14(10)16-11(2)12-6-8-13(15)9-7-12/h6-11,14,16H,3-5H2,1-2H3. The summed E-state index contributed by atoms with van der Waals surface area (Å²) in [6.07, 6.45) is 4.05. The summed E-state index contributed by atoms with van der Waals surface area (Å²) in [5.41, 5.74) is 1.32. The van der Waals surface area contributed by atoms with Gasteiger partial charge in [-0.1, -0.05) is 37.1 Å². The van der Waals surface area contributed by atoms with Crippen LogP contribution in [0.3, 0.4) is 0 Å². The van der Waals surface area contributed by atoms with Crippen LogP contribution in [-0.4, -0.2) is 6.04 Å². The third kappa shape index (κ3) is 2.78. The van der Waals surface area contributed by atoms with E-state index in [-0.39, 0.29) is 0 Å². The van der Waals surface area contributed by atoms with E-state index in [1.807, 2.05) is 12.1 Å². The highest BCUT2D eigenvalue weighted by Crippen LogP contribution is 2.27. The van der Waals surface area contributed by atoms with E-state index in [4.69, 9.17) is 11.6 Å². The number of benzene rings is 1. The second-order valence-electron chi connectivity index (χ2n) is 4.95. The van der Waals surface area contributed by atoms with Gasteiger partial charge in [0, 0.05) is 17.1 Å². The molecule has 2 rings (SSSR count). The van der Waals surface area contributed by atoms with Crippen molar-refractivity contribution in [3.8, 4) is 0 Å². The second-order valence-corrected chi connectivity index (χ2v) is 5.39. The maximum Gasteiger partial charge on any atom is 0.0406 e. The third-order valence-electron chi connectivity index (χ3n) is 3.70. The van der Waals surface area contributed by atoms with Gasteiger partial charge in [-0.05, 0) is 43.4 Å². The van der Waals surface area contributed by atoms with Crippen LogP contribution in [0, 0.1) is 5.92 Å². The van der Waals surface area contributed by atoms with Gasteiger partial charge < -0.3 is 5.32 Å². The van der Waals surface area contributed by atoms with E-state index in [0.717, 1.165) is 10.9 Å².